The molecule has 0 aliphatic heterocycles. The van der Waals surface area contributed by atoms with E-state index in [0.717, 1.165) is 24.4 Å². The van der Waals surface area contributed by atoms with Crippen molar-refractivity contribution < 1.29 is 0 Å². The van der Waals surface area contributed by atoms with Gasteiger partial charge in [-0.1, -0.05) is 31.2 Å². The minimum absolute atomic E-state index is 0.403. The van der Waals surface area contributed by atoms with Crippen LogP contribution in [0, 0.1) is 0 Å². The van der Waals surface area contributed by atoms with E-state index in [1.54, 1.807) is 0 Å². The smallest absolute Gasteiger partial charge is 0.139 e. The predicted molar refractivity (Wildman–Crippen MR) is 75.4 cm³/mol. The Morgan fingerprint density at radius 2 is 2.00 bits per heavy atom. The molecule has 0 bridgehead atoms. The summed E-state index contributed by atoms with van der Waals surface area (Å²) in [6.07, 6.45) is 4.96. The highest BCUT2D eigenvalue weighted by molar-refractivity contribution is 5.56. The molecule has 2 aromatic rings. The Kier molecular flexibility index (Phi) is 4.15. The third-order valence-corrected chi connectivity index (χ3v) is 3.19. The maximum absolute atomic E-state index is 4.36. The van der Waals surface area contributed by atoms with Crippen LogP contribution in [0.5, 0.6) is 0 Å². The number of imidazole rings is 1. The Hall–Kier alpha value is -1.61. The maximum Gasteiger partial charge on any atom is 0.139 e. The van der Waals surface area contributed by atoms with Crippen LogP contribution in [0.2, 0.25) is 0 Å². The summed E-state index contributed by atoms with van der Waals surface area (Å²) in [6.45, 7) is 5.44. The third kappa shape index (κ3) is 2.79. The van der Waals surface area contributed by atoms with Crippen molar-refractivity contribution in [3.8, 4) is 11.4 Å². The number of hydrogen-bond donors (Lipinski definition) is 1. The average molecular weight is 243 g/mol. The van der Waals surface area contributed by atoms with Crippen molar-refractivity contribution >= 4 is 0 Å². The Balaban J connectivity index is 2.13. The second-order valence-electron chi connectivity index (χ2n) is 4.66. The molecule has 0 saturated heterocycles. The molecule has 0 aliphatic rings. The van der Waals surface area contributed by atoms with Gasteiger partial charge >= 0.3 is 0 Å². The van der Waals surface area contributed by atoms with Crippen molar-refractivity contribution in [3.63, 3.8) is 0 Å². The molecule has 1 N–H and O–H groups in total. The zero-order valence-electron chi connectivity index (χ0n) is 11.4. The molecule has 0 radical (unpaired) electrons. The molecule has 1 unspecified atom stereocenters. The van der Waals surface area contributed by atoms with Crippen LogP contribution in [0.1, 0.15) is 31.9 Å². The molecule has 18 heavy (non-hydrogen) atoms. The molecule has 3 heteroatoms. The lowest BCUT2D eigenvalue weighted by Gasteiger charge is -2.14. The number of nitrogens with one attached hydrogen (secondary N) is 1. The Labute approximate surface area is 109 Å². The van der Waals surface area contributed by atoms with Gasteiger partial charge in [0, 0.05) is 31.0 Å². The highest BCUT2D eigenvalue weighted by Crippen LogP contribution is 2.20. The van der Waals surface area contributed by atoms with Gasteiger partial charge in [0.2, 0.25) is 0 Å². The van der Waals surface area contributed by atoms with Gasteiger partial charge in [-0.15, -0.1) is 0 Å². The fraction of sp³-hybridized carbons (Fsp3) is 0.400. The minimum atomic E-state index is 0.403. The molecule has 1 aromatic carbocycles. The van der Waals surface area contributed by atoms with Gasteiger partial charge in [-0.2, -0.15) is 0 Å². The second kappa shape index (κ2) is 5.83. The summed E-state index contributed by atoms with van der Waals surface area (Å²) in [5.41, 5.74) is 2.48. The van der Waals surface area contributed by atoms with Crippen molar-refractivity contribution in [2.75, 3.05) is 6.54 Å². The Morgan fingerprint density at radius 3 is 2.56 bits per heavy atom. The van der Waals surface area contributed by atoms with Gasteiger partial charge in [-0.25, -0.2) is 4.98 Å². The fourth-order valence-electron chi connectivity index (χ4n) is 2.04. The number of aryl methyl sites for hydroxylation is 1. The molecule has 0 aliphatic carbocycles. The van der Waals surface area contributed by atoms with Crippen LogP contribution in [0.3, 0.4) is 0 Å². The molecule has 0 saturated carbocycles. The first-order chi connectivity index (χ1) is 8.72. The fourth-order valence-corrected chi connectivity index (χ4v) is 2.04. The first-order valence-electron chi connectivity index (χ1n) is 6.53. The molecule has 1 aromatic heterocycles. The maximum atomic E-state index is 4.36. The molecule has 96 valence electrons. The van der Waals surface area contributed by atoms with Crippen LogP contribution >= 0.6 is 0 Å². The van der Waals surface area contributed by atoms with E-state index in [2.05, 4.69) is 48.4 Å². The normalized spacial score (nSPS) is 12.6. The summed E-state index contributed by atoms with van der Waals surface area (Å²) in [5.74, 6) is 1.01. The average Bonchev–Trinajstić information content (AvgIpc) is 2.82. The van der Waals surface area contributed by atoms with Crippen LogP contribution in [0.15, 0.2) is 36.7 Å². The van der Waals surface area contributed by atoms with Crippen molar-refractivity contribution in [2.24, 2.45) is 7.05 Å². The molecule has 0 spiro atoms. The van der Waals surface area contributed by atoms with E-state index < -0.39 is 0 Å². The number of rotatable bonds is 5. The van der Waals surface area contributed by atoms with E-state index in [9.17, 15) is 0 Å². The van der Waals surface area contributed by atoms with Crippen LogP contribution < -0.4 is 5.32 Å². The van der Waals surface area contributed by atoms with Crippen LogP contribution in [-0.2, 0) is 7.05 Å². The lowest BCUT2D eigenvalue weighted by molar-refractivity contribution is 0.571. The zero-order valence-corrected chi connectivity index (χ0v) is 11.4. The van der Waals surface area contributed by atoms with Crippen molar-refractivity contribution in [2.45, 2.75) is 26.3 Å². The standard InChI is InChI=1S/C15H21N3/c1-4-9-16-12(2)13-5-7-14(8-6-13)15-17-10-11-18(15)3/h5-8,10-12,16H,4,9H2,1-3H3. The zero-order chi connectivity index (χ0) is 13.0. The number of benzene rings is 1. The summed E-state index contributed by atoms with van der Waals surface area (Å²) >= 11 is 0. The van der Waals surface area contributed by atoms with E-state index in [0.29, 0.717) is 6.04 Å². The largest absolute Gasteiger partial charge is 0.334 e. The van der Waals surface area contributed by atoms with Gasteiger partial charge in [0.15, 0.2) is 0 Å². The molecular formula is C15H21N3. The van der Waals surface area contributed by atoms with Gasteiger partial charge in [-0.05, 0) is 25.5 Å². The first kappa shape index (κ1) is 12.8. The lowest BCUT2D eigenvalue weighted by atomic mass is 10.1. The molecule has 0 amide bonds. The number of aromatic nitrogens is 2. The van der Waals surface area contributed by atoms with Crippen LogP contribution in [0.25, 0.3) is 11.4 Å². The van der Waals surface area contributed by atoms with E-state index in [1.165, 1.54) is 5.56 Å². The molecule has 3 nitrogen and oxygen atoms in total. The summed E-state index contributed by atoms with van der Waals surface area (Å²) < 4.78 is 2.04. The van der Waals surface area contributed by atoms with Gasteiger partial charge in [0.25, 0.3) is 0 Å². The van der Waals surface area contributed by atoms with Gasteiger partial charge < -0.3 is 9.88 Å². The number of nitrogens with zero attached hydrogens (tertiary/aromatic N) is 2. The summed E-state index contributed by atoms with van der Waals surface area (Å²) in [6, 6.07) is 9.04. The Morgan fingerprint density at radius 1 is 1.28 bits per heavy atom. The minimum Gasteiger partial charge on any atom is -0.334 e. The molecule has 2 rings (SSSR count). The van der Waals surface area contributed by atoms with Crippen molar-refractivity contribution in [1.29, 1.82) is 0 Å². The SMILES string of the molecule is CCCNC(C)c1ccc(-c2nccn2C)cc1. The van der Waals surface area contributed by atoms with E-state index in [-0.39, 0.29) is 0 Å². The van der Waals surface area contributed by atoms with E-state index in [4.69, 9.17) is 0 Å². The molecule has 1 atom stereocenters. The van der Waals surface area contributed by atoms with Crippen molar-refractivity contribution in [3.05, 3.63) is 42.2 Å². The highest BCUT2D eigenvalue weighted by atomic mass is 15.0. The van der Waals surface area contributed by atoms with Crippen molar-refractivity contribution in [1.82, 2.24) is 14.9 Å². The summed E-state index contributed by atoms with van der Waals surface area (Å²) in [5, 5.41) is 3.49. The van der Waals surface area contributed by atoms with Crippen LogP contribution in [-0.4, -0.2) is 16.1 Å². The first-order valence-corrected chi connectivity index (χ1v) is 6.53. The predicted octanol–water partition coefficient (Wildman–Crippen LogP) is 3.15. The van der Waals surface area contributed by atoms with Gasteiger partial charge in [0.1, 0.15) is 5.82 Å². The monoisotopic (exact) mass is 243 g/mol. The Bertz CT molecular complexity index is 485. The molecule has 1 heterocycles. The van der Waals surface area contributed by atoms with Crippen LogP contribution in [0.4, 0.5) is 0 Å². The van der Waals surface area contributed by atoms with Gasteiger partial charge in [-0.3, -0.25) is 0 Å². The highest BCUT2D eigenvalue weighted by Gasteiger charge is 2.06. The second-order valence-corrected chi connectivity index (χ2v) is 4.66. The number of hydrogen-bond acceptors (Lipinski definition) is 2. The lowest BCUT2D eigenvalue weighted by Crippen LogP contribution is -2.19. The van der Waals surface area contributed by atoms with Gasteiger partial charge in [0.05, 0.1) is 0 Å². The van der Waals surface area contributed by atoms with E-state index in [1.807, 2.05) is 24.0 Å². The molecular weight excluding hydrogens is 222 g/mol. The summed E-state index contributed by atoms with van der Waals surface area (Å²) in [4.78, 5) is 4.36. The molecule has 0 fully saturated rings. The third-order valence-electron chi connectivity index (χ3n) is 3.19. The van der Waals surface area contributed by atoms with E-state index >= 15 is 0 Å². The topological polar surface area (TPSA) is 29.9 Å². The summed E-state index contributed by atoms with van der Waals surface area (Å²) in [7, 11) is 2.02. The quantitative estimate of drug-likeness (QED) is 0.874.